The molecule has 0 radical (unpaired) electrons. The van der Waals surface area contributed by atoms with Gasteiger partial charge < -0.3 is 24.3 Å². The van der Waals surface area contributed by atoms with Crippen molar-refractivity contribution in [1.29, 1.82) is 0 Å². The number of hydrogen-bond acceptors (Lipinski definition) is 8. The van der Waals surface area contributed by atoms with E-state index in [0.717, 1.165) is 12.2 Å². The highest BCUT2D eigenvalue weighted by atomic mass is 16.5. The third-order valence-electron chi connectivity index (χ3n) is 5.44. The Bertz CT molecular complexity index is 1380. The number of nitrogens with one attached hydrogen (secondary N) is 1. The van der Waals surface area contributed by atoms with Gasteiger partial charge >= 0.3 is 17.9 Å². The van der Waals surface area contributed by atoms with Crippen molar-refractivity contribution in [3.8, 4) is 17.2 Å². The molecule has 0 aromatic heterocycles. The number of esters is 3. The Labute approximate surface area is 232 Å². The summed E-state index contributed by atoms with van der Waals surface area (Å²) in [6.45, 7) is 9.19. The number of carbonyl (C=O) groups is 4. The van der Waals surface area contributed by atoms with Gasteiger partial charge in [-0.3, -0.25) is 4.79 Å². The second-order valence-corrected chi connectivity index (χ2v) is 8.43. The lowest BCUT2D eigenvalue weighted by atomic mass is 10.2. The summed E-state index contributed by atoms with van der Waals surface area (Å²) in [7, 11) is 0. The number of aryl methyl sites for hydroxylation is 1. The molecule has 9 nitrogen and oxygen atoms in total. The fourth-order valence-electron chi connectivity index (χ4n) is 3.32. The van der Waals surface area contributed by atoms with Gasteiger partial charge in [-0.1, -0.05) is 13.2 Å². The number of anilines is 1. The van der Waals surface area contributed by atoms with E-state index in [1.165, 1.54) is 18.2 Å². The van der Waals surface area contributed by atoms with E-state index in [0.29, 0.717) is 59.9 Å². The normalized spacial score (nSPS) is 10.1. The van der Waals surface area contributed by atoms with E-state index >= 15 is 0 Å². The molecule has 0 unspecified atom stereocenters. The Kier molecular flexibility index (Phi) is 10.8. The number of hydrogen-bond donors (Lipinski definition) is 1. The van der Waals surface area contributed by atoms with Crippen molar-refractivity contribution in [2.45, 2.75) is 19.8 Å². The van der Waals surface area contributed by atoms with E-state index in [4.69, 9.17) is 18.9 Å². The molecule has 0 fully saturated rings. The van der Waals surface area contributed by atoms with Gasteiger partial charge in [-0.2, -0.15) is 0 Å². The first-order chi connectivity index (χ1) is 19.3. The van der Waals surface area contributed by atoms with Crippen LogP contribution >= 0.6 is 0 Å². The van der Waals surface area contributed by atoms with Gasteiger partial charge in [-0.15, -0.1) is 0 Å². The molecule has 9 heteroatoms. The van der Waals surface area contributed by atoms with E-state index in [-0.39, 0.29) is 11.7 Å². The standard InChI is InChI=1S/C31H29NO8/c1-4-28(33)32-24-12-8-22(9-13-24)30(35)39-26-16-17-27(21(3)20-26)40-31(36)23-10-14-25(15-11-23)37-18-6-7-19-38-29(34)5-2/h4-5,8-17,20H,1-2,6-7,18-19H2,3H3,(H,32,33). The molecular weight excluding hydrogens is 514 g/mol. The summed E-state index contributed by atoms with van der Waals surface area (Å²) in [5.74, 6) is -0.730. The lowest BCUT2D eigenvalue weighted by molar-refractivity contribution is -0.137. The zero-order valence-corrected chi connectivity index (χ0v) is 22.0. The van der Waals surface area contributed by atoms with Crippen LogP contribution in [0.4, 0.5) is 5.69 Å². The third-order valence-corrected chi connectivity index (χ3v) is 5.44. The van der Waals surface area contributed by atoms with Crippen LogP contribution in [0.2, 0.25) is 0 Å². The second kappa shape index (κ2) is 14.7. The van der Waals surface area contributed by atoms with Crippen LogP contribution in [0.25, 0.3) is 0 Å². The summed E-state index contributed by atoms with van der Waals surface area (Å²) in [6.07, 6.45) is 3.62. The van der Waals surface area contributed by atoms with Crippen LogP contribution in [0, 0.1) is 6.92 Å². The number of ether oxygens (including phenoxy) is 4. The molecule has 0 saturated heterocycles. The molecule has 0 aliphatic rings. The first-order valence-electron chi connectivity index (χ1n) is 12.4. The second-order valence-electron chi connectivity index (χ2n) is 8.43. The molecule has 0 bridgehead atoms. The minimum atomic E-state index is -0.579. The van der Waals surface area contributed by atoms with Crippen LogP contribution < -0.4 is 19.5 Å². The Morgan fingerprint density at radius 1 is 0.750 bits per heavy atom. The Morgan fingerprint density at radius 3 is 1.98 bits per heavy atom. The number of benzene rings is 3. The van der Waals surface area contributed by atoms with Gasteiger partial charge in [-0.05, 0) is 98.1 Å². The molecule has 0 spiro atoms. The van der Waals surface area contributed by atoms with E-state index in [1.54, 1.807) is 55.5 Å². The van der Waals surface area contributed by atoms with Gasteiger partial charge in [-0.25, -0.2) is 14.4 Å². The molecule has 1 amide bonds. The van der Waals surface area contributed by atoms with E-state index in [9.17, 15) is 19.2 Å². The summed E-state index contributed by atoms with van der Waals surface area (Å²) in [5.41, 5.74) is 1.75. The molecule has 3 aromatic rings. The average Bonchev–Trinajstić information content (AvgIpc) is 2.96. The van der Waals surface area contributed by atoms with Crippen LogP contribution in [0.1, 0.15) is 39.1 Å². The number of amides is 1. The first kappa shape index (κ1) is 29.4. The van der Waals surface area contributed by atoms with Gasteiger partial charge in [0.1, 0.15) is 17.2 Å². The van der Waals surface area contributed by atoms with E-state index in [2.05, 4.69) is 18.5 Å². The molecule has 0 atom stereocenters. The molecule has 206 valence electrons. The quantitative estimate of drug-likeness (QED) is 0.131. The summed E-state index contributed by atoms with van der Waals surface area (Å²) in [5, 5.41) is 2.60. The van der Waals surface area contributed by atoms with Gasteiger partial charge in [0.2, 0.25) is 5.91 Å². The van der Waals surface area contributed by atoms with Crippen LogP contribution in [-0.4, -0.2) is 37.0 Å². The number of unbranched alkanes of at least 4 members (excludes halogenated alkanes) is 1. The summed E-state index contributed by atoms with van der Waals surface area (Å²) < 4.78 is 21.5. The van der Waals surface area contributed by atoms with Crippen molar-refractivity contribution in [2.24, 2.45) is 0 Å². The predicted molar refractivity (Wildman–Crippen MR) is 149 cm³/mol. The molecule has 0 aliphatic carbocycles. The van der Waals surface area contributed by atoms with Crippen LogP contribution in [0.3, 0.4) is 0 Å². The van der Waals surface area contributed by atoms with Crippen LogP contribution in [-0.2, 0) is 14.3 Å². The smallest absolute Gasteiger partial charge is 0.343 e. The molecule has 3 aromatic carbocycles. The van der Waals surface area contributed by atoms with Gasteiger partial charge in [0, 0.05) is 11.8 Å². The largest absolute Gasteiger partial charge is 0.494 e. The van der Waals surface area contributed by atoms with Crippen LogP contribution in [0.5, 0.6) is 17.2 Å². The van der Waals surface area contributed by atoms with E-state index < -0.39 is 17.9 Å². The fraction of sp³-hybridized carbons (Fsp3) is 0.161. The van der Waals surface area contributed by atoms with Crippen molar-refractivity contribution in [1.82, 2.24) is 0 Å². The summed E-state index contributed by atoms with van der Waals surface area (Å²) >= 11 is 0. The highest BCUT2D eigenvalue weighted by molar-refractivity contribution is 5.99. The van der Waals surface area contributed by atoms with Crippen molar-refractivity contribution in [3.63, 3.8) is 0 Å². The summed E-state index contributed by atoms with van der Waals surface area (Å²) in [6, 6.07) is 17.4. The molecule has 3 rings (SSSR count). The number of carbonyl (C=O) groups excluding carboxylic acids is 4. The third kappa shape index (κ3) is 8.98. The number of rotatable bonds is 13. The minimum Gasteiger partial charge on any atom is -0.494 e. The highest BCUT2D eigenvalue weighted by Crippen LogP contribution is 2.25. The van der Waals surface area contributed by atoms with Crippen LogP contribution in [0.15, 0.2) is 92.0 Å². The maximum Gasteiger partial charge on any atom is 0.343 e. The highest BCUT2D eigenvalue weighted by Gasteiger charge is 2.14. The fourth-order valence-corrected chi connectivity index (χ4v) is 3.32. The van der Waals surface area contributed by atoms with E-state index in [1.807, 2.05) is 0 Å². The predicted octanol–water partition coefficient (Wildman–Crippen LogP) is 5.45. The molecule has 40 heavy (non-hydrogen) atoms. The Balaban J connectivity index is 1.49. The zero-order chi connectivity index (χ0) is 28.9. The SMILES string of the molecule is C=CC(=O)Nc1ccc(C(=O)Oc2ccc(OC(=O)c3ccc(OCCCCOC(=O)C=C)cc3)c(C)c2)cc1. The van der Waals surface area contributed by atoms with Crippen molar-refractivity contribution in [3.05, 3.63) is 109 Å². The van der Waals surface area contributed by atoms with Crippen molar-refractivity contribution < 1.29 is 38.1 Å². The van der Waals surface area contributed by atoms with Crippen molar-refractivity contribution >= 4 is 29.5 Å². The molecule has 0 heterocycles. The maximum atomic E-state index is 12.6. The van der Waals surface area contributed by atoms with Gasteiger partial charge in [0.05, 0.1) is 24.3 Å². The zero-order valence-electron chi connectivity index (χ0n) is 22.0. The molecule has 1 N–H and O–H groups in total. The van der Waals surface area contributed by atoms with Gasteiger partial charge in [0.25, 0.3) is 0 Å². The summed E-state index contributed by atoms with van der Waals surface area (Å²) in [4.78, 5) is 47.5. The van der Waals surface area contributed by atoms with Gasteiger partial charge in [0.15, 0.2) is 0 Å². The lowest BCUT2D eigenvalue weighted by Crippen LogP contribution is -2.11. The topological polar surface area (TPSA) is 117 Å². The maximum absolute atomic E-state index is 12.6. The average molecular weight is 544 g/mol. The Morgan fingerprint density at radius 2 is 1.35 bits per heavy atom. The minimum absolute atomic E-state index is 0.284. The Hall–Kier alpha value is -5.18. The van der Waals surface area contributed by atoms with Crippen molar-refractivity contribution in [2.75, 3.05) is 18.5 Å². The first-order valence-corrected chi connectivity index (χ1v) is 12.4. The molecule has 0 saturated carbocycles. The molecular formula is C31H29NO8. The monoisotopic (exact) mass is 543 g/mol. The lowest BCUT2D eigenvalue weighted by Gasteiger charge is -2.11. The molecule has 0 aliphatic heterocycles.